The number of hydrogen-bond donors (Lipinski definition) is 6. The molecule has 0 fully saturated rings. The van der Waals surface area contributed by atoms with Gasteiger partial charge in [0.15, 0.2) is 0 Å². The van der Waals surface area contributed by atoms with Crippen LogP contribution in [0.1, 0.15) is 71.0 Å². The molecule has 2 rings (SSSR count). The van der Waals surface area contributed by atoms with Gasteiger partial charge in [-0.2, -0.15) is 11.8 Å². The number of unbranched alkanes of at least 4 members (excludes halogenated alkanes) is 2. The molecule has 0 bridgehead atoms. The molecule has 0 saturated carbocycles. The summed E-state index contributed by atoms with van der Waals surface area (Å²) in [5, 5.41) is 20.9. The van der Waals surface area contributed by atoms with Gasteiger partial charge in [0.05, 0.1) is 19.7 Å². The van der Waals surface area contributed by atoms with Gasteiger partial charge >= 0.3 is 5.97 Å². The predicted molar refractivity (Wildman–Crippen MR) is 197 cm³/mol. The van der Waals surface area contributed by atoms with Crippen molar-refractivity contribution in [1.29, 1.82) is 0 Å². The second-order valence-corrected chi connectivity index (χ2v) is 13.8. The average Bonchev–Trinajstić information content (AvgIpc) is 3.05. The van der Waals surface area contributed by atoms with Crippen molar-refractivity contribution in [3.63, 3.8) is 0 Å². The third-order valence-electron chi connectivity index (χ3n) is 8.59. The molecule has 7 N–H and O–H groups in total. The molecule has 0 aliphatic carbocycles. The van der Waals surface area contributed by atoms with Gasteiger partial charge < -0.3 is 36.8 Å². The molecule has 0 aliphatic heterocycles. The summed E-state index contributed by atoms with van der Waals surface area (Å²) in [5.74, 6) is -1.51. The average molecular weight is 714 g/mol. The number of hydrogen-bond acceptors (Lipinski definition) is 9. The topological polar surface area (TPSA) is 189 Å². The van der Waals surface area contributed by atoms with Gasteiger partial charge in [0.1, 0.15) is 17.8 Å². The Balaban J connectivity index is 2.06. The molecule has 2 aromatic carbocycles. The lowest BCUT2D eigenvalue weighted by molar-refractivity contribution is -0.140. The first-order valence-corrected chi connectivity index (χ1v) is 18.4. The van der Waals surface area contributed by atoms with Gasteiger partial charge in [0, 0.05) is 19.4 Å². The van der Waals surface area contributed by atoms with Crippen molar-refractivity contribution in [1.82, 2.24) is 21.3 Å². The number of methoxy groups -OCH3 is 1. The fourth-order valence-electron chi connectivity index (χ4n) is 5.88. The summed E-state index contributed by atoms with van der Waals surface area (Å²) in [6.07, 6.45) is 5.03. The zero-order chi connectivity index (χ0) is 37.4. The Morgan fingerprint density at radius 3 is 1.96 bits per heavy atom. The number of carbonyl (C=O) groups is 5. The maximum absolute atomic E-state index is 13.3. The smallest absolute Gasteiger partial charge is 0.305 e. The minimum atomic E-state index is -0.939. The highest BCUT2D eigenvalue weighted by molar-refractivity contribution is 7.98. The third kappa shape index (κ3) is 14.0. The van der Waals surface area contributed by atoms with Crippen LogP contribution in [0.2, 0.25) is 0 Å². The van der Waals surface area contributed by atoms with E-state index in [0.717, 1.165) is 45.4 Å². The SMILES string of the molecule is COC(=O)CCCCCNC(=O)C(Cc1c(C)cc(C)cc1C)NC(=O)CNC(=O)[C@@H](CCSC)NC(=O)[C@H](N)Cc1c(C)cc(O)cc1C. The van der Waals surface area contributed by atoms with E-state index in [9.17, 15) is 29.1 Å². The first-order chi connectivity index (χ1) is 23.7. The quantitative estimate of drug-likeness (QED) is 0.0886. The molecule has 0 aliphatic rings. The highest BCUT2D eigenvalue weighted by Crippen LogP contribution is 2.22. The monoisotopic (exact) mass is 713 g/mol. The number of thioether (sulfide) groups is 1. The number of ether oxygens (including phenoxy) is 1. The number of amides is 4. The van der Waals surface area contributed by atoms with E-state index in [1.54, 1.807) is 12.1 Å². The van der Waals surface area contributed by atoms with Crippen LogP contribution in [0.4, 0.5) is 0 Å². The molecule has 12 nitrogen and oxygen atoms in total. The summed E-state index contributed by atoms with van der Waals surface area (Å²) in [7, 11) is 1.35. The van der Waals surface area contributed by atoms with E-state index in [1.165, 1.54) is 18.9 Å². The van der Waals surface area contributed by atoms with Gasteiger partial charge in [-0.1, -0.05) is 24.1 Å². The second-order valence-electron chi connectivity index (χ2n) is 12.8. The summed E-state index contributed by atoms with van der Waals surface area (Å²) in [4.78, 5) is 64.2. The van der Waals surface area contributed by atoms with Crippen LogP contribution in [0, 0.1) is 34.6 Å². The van der Waals surface area contributed by atoms with E-state index in [2.05, 4.69) is 26.0 Å². The van der Waals surface area contributed by atoms with E-state index < -0.39 is 42.4 Å². The van der Waals surface area contributed by atoms with Crippen molar-refractivity contribution in [2.75, 3.05) is 32.2 Å². The molecule has 13 heteroatoms. The summed E-state index contributed by atoms with van der Waals surface area (Å²) < 4.78 is 4.66. The van der Waals surface area contributed by atoms with Crippen LogP contribution in [-0.2, 0) is 41.6 Å². The maximum Gasteiger partial charge on any atom is 0.305 e. The van der Waals surface area contributed by atoms with Crippen LogP contribution in [0.3, 0.4) is 0 Å². The van der Waals surface area contributed by atoms with Crippen molar-refractivity contribution >= 4 is 41.4 Å². The summed E-state index contributed by atoms with van der Waals surface area (Å²) in [5.41, 5.74) is 12.8. The molecule has 0 radical (unpaired) electrons. The number of esters is 1. The lowest BCUT2D eigenvalue weighted by Crippen LogP contribution is -2.54. The van der Waals surface area contributed by atoms with E-state index in [-0.39, 0.29) is 30.5 Å². The lowest BCUT2D eigenvalue weighted by Gasteiger charge is -2.23. The standard InChI is InChI=1S/C37H55N5O7S/c1-22-15-23(2)29(24(3)16-22)20-32(37(48)39-13-10-8-9-11-34(45)49-6)41-33(44)21-40-36(47)31(12-14-50-7)42-35(46)30(38)19-28-25(4)17-27(43)18-26(28)5/h15-18,30-32,43H,8-14,19-21,38H2,1-7H3,(H,39,48)(H,40,47)(H,41,44)(H,42,46)/t30-,31-,32?/m1/s1. The lowest BCUT2D eigenvalue weighted by atomic mass is 9.94. The molecular weight excluding hydrogens is 659 g/mol. The molecule has 0 heterocycles. The minimum absolute atomic E-state index is 0.135. The fraction of sp³-hybridized carbons (Fsp3) is 0.541. The molecular formula is C37H55N5O7S. The molecule has 0 saturated heterocycles. The van der Waals surface area contributed by atoms with Gasteiger partial charge in [0.25, 0.3) is 0 Å². The first-order valence-electron chi connectivity index (χ1n) is 17.0. The van der Waals surface area contributed by atoms with Gasteiger partial charge in [-0.3, -0.25) is 24.0 Å². The van der Waals surface area contributed by atoms with E-state index in [0.29, 0.717) is 38.0 Å². The largest absolute Gasteiger partial charge is 0.508 e. The van der Waals surface area contributed by atoms with Crippen LogP contribution in [0.15, 0.2) is 24.3 Å². The Kier molecular flexibility index (Phi) is 17.8. The van der Waals surface area contributed by atoms with Crippen molar-refractivity contribution in [3.8, 4) is 5.75 Å². The van der Waals surface area contributed by atoms with Gasteiger partial charge in [0.2, 0.25) is 23.6 Å². The van der Waals surface area contributed by atoms with E-state index in [4.69, 9.17) is 5.73 Å². The van der Waals surface area contributed by atoms with Crippen LogP contribution in [0.5, 0.6) is 5.75 Å². The minimum Gasteiger partial charge on any atom is -0.508 e. The number of carbonyl (C=O) groups excluding carboxylic acids is 5. The predicted octanol–water partition coefficient (Wildman–Crippen LogP) is 2.74. The summed E-state index contributed by atoms with van der Waals surface area (Å²) in [6.45, 7) is 9.58. The Morgan fingerprint density at radius 1 is 0.780 bits per heavy atom. The zero-order valence-corrected chi connectivity index (χ0v) is 31.3. The van der Waals surface area contributed by atoms with Gasteiger partial charge in [-0.15, -0.1) is 0 Å². The van der Waals surface area contributed by atoms with Crippen molar-refractivity contribution < 1.29 is 33.8 Å². The van der Waals surface area contributed by atoms with Crippen LogP contribution < -0.4 is 27.0 Å². The molecule has 50 heavy (non-hydrogen) atoms. The Bertz CT molecular complexity index is 1450. The summed E-state index contributed by atoms with van der Waals surface area (Å²) in [6, 6.07) is 4.52. The van der Waals surface area contributed by atoms with Crippen molar-refractivity contribution in [3.05, 3.63) is 63.2 Å². The molecule has 0 spiro atoms. The number of nitrogens with two attached hydrogens (primary N) is 1. The van der Waals surface area contributed by atoms with Crippen LogP contribution in [0.25, 0.3) is 0 Å². The number of rotatable bonds is 20. The molecule has 1 unspecified atom stereocenters. The molecule has 2 aromatic rings. The van der Waals surface area contributed by atoms with Crippen LogP contribution in [-0.4, -0.2) is 85.0 Å². The highest BCUT2D eigenvalue weighted by atomic mass is 32.2. The van der Waals surface area contributed by atoms with E-state index in [1.807, 2.05) is 53.0 Å². The van der Waals surface area contributed by atoms with Crippen molar-refractivity contribution in [2.24, 2.45) is 5.73 Å². The Morgan fingerprint density at radius 2 is 1.36 bits per heavy atom. The normalized spacial score (nSPS) is 12.7. The highest BCUT2D eigenvalue weighted by Gasteiger charge is 2.27. The van der Waals surface area contributed by atoms with Gasteiger partial charge in [-0.25, -0.2) is 0 Å². The second kappa shape index (κ2) is 21.2. The zero-order valence-electron chi connectivity index (χ0n) is 30.5. The summed E-state index contributed by atoms with van der Waals surface area (Å²) >= 11 is 1.51. The molecule has 276 valence electrons. The number of phenolic OH excluding ortho intramolecular Hbond substituents is 1. The fourth-order valence-corrected chi connectivity index (χ4v) is 6.35. The van der Waals surface area contributed by atoms with Gasteiger partial charge in [-0.05, 0) is 118 Å². The first kappa shape index (κ1) is 42.1. The van der Waals surface area contributed by atoms with Crippen molar-refractivity contribution in [2.45, 2.75) is 97.7 Å². The number of benzene rings is 2. The van der Waals surface area contributed by atoms with Crippen LogP contribution >= 0.6 is 11.8 Å². The third-order valence-corrected chi connectivity index (χ3v) is 9.24. The number of aromatic hydroxyl groups is 1. The molecule has 0 aromatic heterocycles. The molecule has 3 atom stereocenters. The van der Waals surface area contributed by atoms with E-state index >= 15 is 0 Å². The Labute approximate surface area is 300 Å². The number of aryl methyl sites for hydroxylation is 5. The Hall–Kier alpha value is -4.10. The maximum atomic E-state index is 13.3. The number of nitrogens with one attached hydrogen (secondary N) is 4. The number of phenols is 1. The molecule has 4 amide bonds.